The molecule has 0 saturated carbocycles. The van der Waals surface area contributed by atoms with Crippen molar-refractivity contribution >= 4 is 11.7 Å². The van der Waals surface area contributed by atoms with Gasteiger partial charge in [-0.2, -0.15) is 18.4 Å². The molecule has 0 aliphatic carbocycles. The largest absolute Gasteiger partial charge is 0.479 e. The first-order valence-electron chi connectivity index (χ1n) is 4.90. The maximum Gasteiger partial charge on any atom is 0.422 e. The topological polar surface area (TPSA) is 73.1 Å². The van der Waals surface area contributed by atoms with Crippen LogP contribution in [-0.4, -0.2) is 22.8 Å². The summed E-state index contributed by atoms with van der Waals surface area (Å²) in [6.45, 7) is 0.382. The third-order valence-corrected chi connectivity index (χ3v) is 2.48. The van der Waals surface area contributed by atoms with Crippen LogP contribution in [-0.2, 0) is 4.79 Å². The van der Waals surface area contributed by atoms with Gasteiger partial charge in [0.05, 0.1) is 17.3 Å². The van der Waals surface area contributed by atoms with Crippen molar-refractivity contribution < 1.29 is 27.5 Å². The van der Waals surface area contributed by atoms with Gasteiger partial charge in [-0.1, -0.05) is 0 Å². The Morgan fingerprint density at radius 3 is 2.37 bits per heavy atom. The van der Waals surface area contributed by atoms with Crippen LogP contribution in [0.5, 0.6) is 0 Å². The number of nitriles is 1. The number of carboxylic acids is 1. The van der Waals surface area contributed by atoms with Crippen molar-refractivity contribution in [2.45, 2.75) is 18.6 Å². The molecule has 0 radical (unpaired) electrons. The van der Waals surface area contributed by atoms with Gasteiger partial charge in [0.15, 0.2) is 0 Å². The third kappa shape index (κ3) is 2.76. The maximum absolute atomic E-state index is 13.4. The molecule has 0 aromatic heterocycles. The molecule has 0 spiro atoms. The van der Waals surface area contributed by atoms with Crippen molar-refractivity contribution in [1.29, 1.82) is 5.26 Å². The van der Waals surface area contributed by atoms with Crippen molar-refractivity contribution in [2.75, 3.05) is 5.32 Å². The normalized spacial score (nSPS) is 14.3. The molecule has 0 aliphatic rings. The number of hydrogen-bond acceptors (Lipinski definition) is 3. The van der Waals surface area contributed by atoms with Crippen molar-refractivity contribution in [1.82, 2.24) is 0 Å². The standard InChI is InChI=1S/C11H8F4N2O2/c1-10(9(18)19,11(13,14)15)17-8-3-2-6(5-16)4-7(8)12/h2-4,17H,1H3,(H,18,19). The molecule has 1 rings (SSSR count). The van der Waals surface area contributed by atoms with E-state index in [-0.39, 0.29) is 5.56 Å². The second kappa shape index (κ2) is 4.76. The highest BCUT2D eigenvalue weighted by atomic mass is 19.4. The minimum absolute atomic E-state index is 0.0907. The predicted octanol–water partition coefficient (Wildman–Crippen LogP) is 2.51. The van der Waals surface area contributed by atoms with Crippen LogP contribution >= 0.6 is 0 Å². The first kappa shape index (κ1) is 14.8. The van der Waals surface area contributed by atoms with Crippen LogP contribution < -0.4 is 5.32 Å². The molecule has 0 amide bonds. The van der Waals surface area contributed by atoms with Gasteiger partial charge in [-0.05, 0) is 25.1 Å². The summed E-state index contributed by atoms with van der Waals surface area (Å²) in [6, 6.07) is 4.26. The Balaban J connectivity index is 3.20. The summed E-state index contributed by atoms with van der Waals surface area (Å²) in [7, 11) is 0. The zero-order valence-corrected chi connectivity index (χ0v) is 9.55. The molecule has 0 saturated heterocycles. The minimum atomic E-state index is -5.13. The van der Waals surface area contributed by atoms with Gasteiger partial charge in [0.2, 0.25) is 5.54 Å². The molecular formula is C11H8F4N2O2. The molecule has 1 aromatic carbocycles. The zero-order chi connectivity index (χ0) is 14.8. The van der Waals surface area contributed by atoms with Crippen LogP contribution in [0.2, 0.25) is 0 Å². The highest BCUT2D eigenvalue weighted by molar-refractivity contribution is 5.83. The molecule has 0 heterocycles. The second-order valence-corrected chi connectivity index (χ2v) is 3.86. The molecule has 1 aromatic rings. The van der Waals surface area contributed by atoms with E-state index in [4.69, 9.17) is 10.4 Å². The molecular weight excluding hydrogens is 268 g/mol. The van der Waals surface area contributed by atoms with Crippen LogP contribution in [0.3, 0.4) is 0 Å². The molecule has 4 nitrogen and oxygen atoms in total. The Morgan fingerprint density at radius 1 is 1.42 bits per heavy atom. The van der Waals surface area contributed by atoms with E-state index in [0.29, 0.717) is 13.0 Å². The van der Waals surface area contributed by atoms with Crippen molar-refractivity contribution in [2.24, 2.45) is 0 Å². The van der Waals surface area contributed by atoms with Crippen molar-refractivity contribution in [3.8, 4) is 6.07 Å². The number of aliphatic carboxylic acids is 1. The lowest BCUT2D eigenvalue weighted by atomic mass is 10.0. The fourth-order valence-electron chi connectivity index (χ4n) is 1.20. The number of nitrogens with one attached hydrogen (secondary N) is 1. The van der Waals surface area contributed by atoms with Gasteiger partial charge in [-0.15, -0.1) is 0 Å². The van der Waals surface area contributed by atoms with Crippen molar-refractivity contribution in [3.05, 3.63) is 29.6 Å². The molecule has 0 bridgehead atoms. The Kier molecular flexibility index (Phi) is 3.70. The minimum Gasteiger partial charge on any atom is -0.479 e. The summed E-state index contributed by atoms with van der Waals surface area (Å²) in [5, 5.41) is 18.8. The lowest BCUT2D eigenvalue weighted by molar-refractivity contribution is -0.192. The van der Waals surface area contributed by atoms with Gasteiger partial charge in [0, 0.05) is 0 Å². The number of anilines is 1. The highest BCUT2D eigenvalue weighted by Crippen LogP contribution is 2.34. The van der Waals surface area contributed by atoms with Gasteiger partial charge in [0.1, 0.15) is 5.82 Å². The van der Waals surface area contributed by atoms with E-state index < -0.39 is 29.2 Å². The highest BCUT2D eigenvalue weighted by Gasteiger charge is 2.57. The summed E-state index contributed by atoms with van der Waals surface area (Å²) in [5.74, 6) is -3.33. The molecule has 19 heavy (non-hydrogen) atoms. The van der Waals surface area contributed by atoms with Crippen LogP contribution in [0.15, 0.2) is 18.2 Å². The Bertz CT molecular complexity index is 551. The molecule has 102 valence electrons. The number of benzene rings is 1. The van der Waals surface area contributed by atoms with Crippen LogP contribution in [0.25, 0.3) is 0 Å². The number of carbonyl (C=O) groups is 1. The quantitative estimate of drug-likeness (QED) is 0.832. The number of alkyl halides is 3. The Hall–Kier alpha value is -2.30. The van der Waals surface area contributed by atoms with E-state index in [1.165, 1.54) is 0 Å². The monoisotopic (exact) mass is 276 g/mol. The van der Waals surface area contributed by atoms with E-state index in [2.05, 4.69) is 0 Å². The summed E-state index contributed by atoms with van der Waals surface area (Å²) < 4.78 is 51.5. The molecule has 0 fully saturated rings. The fraction of sp³-hybridized carbons (Fsp3) is 0.273. The number of rotatable bonds is 3. The molecule has 1 atom stereocenters. The SMILES string of the molecule is CC(Nc1ccc(C#N)cc1F)(C(=O)O)C(F)(F)F. The lowest BCUT2D eigenvalue weighted by Crippen LogP contribution is -2.55. The summed E-state index contributed by atoms with van der Waals surface area (Å²) in [4.78, 5) is 10.7. The summed E-state index contributed by atoms with van der Waals surface area (Å²) in [5.41, 5.74) is -4.07. The van der Waals surface area contributed by atoms with Crippen molar-refractivity contribution in [3.63, 3.8) is 0 Å². The van der Waals surface area contributed by atoms with Crippen LogP contribution in [0.1, 0.15) is 12.5 Å². The van der Waals surface area contributed by atoms with Crippen LogP contribution in [0.4, 0.5) is 23.2 Å². The van der Waals surface area contributed by atoms with Gasteiger partial charge < -0.3 is 10.4 Å². The van der Waals surface area contributed by atoms with E-state index in [0.717, 1.165) is 12.1 Å². The summed E-state index contributed by atoms with van der Waals surface area (Å²) in [6.07, 6.45) is -5.13. The van der Waals surface area contributed by atoms with Gasteiger partial charge in [0.25, 0.3) is 0 Å². The first-order valence-corrected chi connectivity index (χ1v) is 4.90. The predicted molar refractivity (Wildman–Crippen MR) is 56.8 cm³/mol. The molecule has 2 N–H and O–H groups in total. The number of halogens is 4. The maximum atomic E-state index is 13.4. The summed E-state index contributed by atoms with van der Waals surface area (Å²) >= 11 is 0. The van der Waals surface area contributed by atoms with Gasteiger partial charge in [-0.25, -0.2) is 9.18 Å². The van der Waals surface area contributed by atoms with Gasteiger partial charge in [-0.3, -0.25) is 0 Å². The number of carboxylic acid groups (broad SMARTS) is 1. The molecule has 1 unspecified atom stereocenters. The Morgan fingerprint density at radius 2 is 2.00 bits per heavy atom. The fourth-order valence-corrected chi connectivity index (χ4v) is 1.20. The second-order valence-electron chi connectivity index (χ2n) is 3.86. The van der Waals surface area contributed by atoms with E-state index in [1.807, 2.05) is 0 Å². The first-order chi connectivity index (χ1) is 8.61. The third-order valence-electron chi connectivity index (χ3n) is 2.48. The van der Waals surface area contributed by atoms with Gasteiger partial charge >= 0.3 is 12.1 Å². The average molecular weight is 276 g/mol. The van der Waals surface area contributed by atoms with E-state index >= 15 is 0 Å². The number of nitrogens with zero attached hydrogens (tertiary/aromatic N) is 1. The molecule has 0 aliphatic heterocycles. The Labute approximate surface area is 105 Å². The van der Waals surface area contributed by atoms with Crippen LogP contribution in [0, 0.1) is 17.1 Å². The van der Waals surface area contributed by atoms with E-state index in [1.54, 1.807) is 11.4 Å². The zero-order valence-electron chi connectivity index (χ0n) is 9.55. The number of hydrogen-bond donors (Lipinski definition) is 2. The average Bonchev–Trinajstić information content (AvgIpc) is 2.29. The smallest absolute Gasteiger partial charge is 0.422 e. The van der Waals surface area contributed by atoms with E-state index in [9.17, 15) is 22.4 Å². The lowest BCUT2D eigenvalue weighted by Gasteiger charge is -2.29. The molecule has 8 heteroatoms.